The summed E-state index contributed by atoms with van der Waals surface area (Å²) in [6, 6.07) is 1.87. The van der Waals surface area contributed by atoms with Crippen molar-refractivity contribution in [2.45, 2.75) is 0 Å². The summed E-state index contributed by atoms with van der Waals surface area (Å²) in [5.74, 6) is 1.52. The summed E-state index contributed by atoms with van der Waals surface area (Å²) in [6.07, 6.45) is 1.71. The minimum Gasteiger partial charge on any atom is -0.383 e. The highest BCUT2D eigenvalue weighted by molar-refractivity contribution is 9.10. The molecule has 1 fully saturated rings. The van der Waals surface area contributed by atoms with E-state index in [1.807, 2.05) is 6.07 Å². The second kappa shape index (κ2) is 4.15. The van der Waals surface area contributed by atoms with Crippen molar-refractivity contribution in [1.82, 2.24) is 19.9 Å². The van der Waals surface area contributed by atoms with E-state index in [1.54, 1.807) is 10.7 Å². The van der Waals surface area contributed by atoms with Crippen molar-refractivity contribution in [2.24, 2.45) is 0 Å². The Bertz CT molecular complexity index is 545. The van der Waals surface area contributed by atoms with Crippen LogP contribution in [0.3, 0.4) is 0 Å². The van der Waals surface area contributed by atoms with Crippen LogP contribution in [0.1, 0.15) is 0 Å². The molecule has 1 aliphatic rings. The summed E-state index contributed by atoms with van der Waals surface area (Å²) < 4.78 is 2.50. The number of anilines is 2. The first-order valence-corrected chi connectivity index (χ1v) is 6.30. The minimum absolute atomic E-state index is 0.606. The molecule has 0 radical (unpaired) electrons. The molecule has 0 saturated carbocycles. The van der Waals surface area contributed by atoms with Gasteiger partial charge in [0, 0.05) is 32.2 Å². The van der Waals surface area contributed by atoms with Crippen molar-refractivity contribution in [3.8, 4) is 0 Å². The lowest BCUT2D eigenvalue weighted by atomic mass is 10.3. The number of fused-ring (bicyclic) bond motifs is 1. The first-order chi connectivity index (χ1) is 8.25. The van der Waals surface area contributed by atoms with Gasteiger partial charge < -0.3 is 16.0 Å². The first-order valence-electron chi connectivity index (χ1n) is 5.51. The number of halogens is 1. The fourth-order valence-electron chi connectivity index (χ4n) is 2.00. The van der Waals surface area contributed by atoms with Crippen LogP contribution < -0.4 is 16.0 Å². The molecule has 0 spiro atoms. The monoisotopic (exact) mass is 296 g/mol. The molecular formula is C10H13BrN6. The fraction of sp³-hybridized carbons (Fsp3) is 0.400. The standard InChI is InChI=1S/C10H13BrN6/c11-7-6-14-17-8(12)5-9(15-10(7)17)16-3-1-13-2-4-16/h5-6,13H,1-4,12H2. The lowest BCUT2D eigenvalue weighted by Gasteiger charge is -2.28. The zero-order valence-electron chi connectivity index (χ0n) is 9.23. The second-order valence-corrected chi connectivity index (χ2v) is 4.86. The van der Waals surface area contributed by atoms with Gasteiger partial charge in [-0.15, -0.1) is 0 Å². The molecule has 2 aromatic heterocycles. The maximum atomic E-state index is 5.97. The Morgan fingerprint density at radius 1 is 1.35 bits per heavy atom. The van der Waals surface area contributed by atoms with Gasteiger partial charge in [-0.25, -0.2) is 4.98 Å². The van der Waals surface area contributed by atoms with E-state index in [-0.39, 0.29) is 0 Å². The van der Waals surface area contributed by atoms with Gasteiger partial charge in [0.25, 0.3) is 0 Å². The molecule has 0 aromatic carbocycles. The largest absolute Gasteiger partial charge is 0.383 e. The van der Waals surface area contributed by atoms with Crippen LogP contribution in [0.4, 0.5) is 11.6 Å². The van der Waals surface area contributed by atoms with Crippen LogP contribution in [0, 0.1) is 0 Å². The summed E-state index contributed by atoms with van der Waals surface area (Å²) in [5.41, 5.74) is 6.74. The average Bonchev–Trinajstić information content (AvgIpc) is 2.73. The van der Waals surface area contributed by atoms with Gasteiger partial charge in [0.1, 0.15) is 11.6 Å². The van der Waals surface area contributed by atoms with Crippen LogP contribution in [0.2, 0.25) is 0 Å². The molecule has 0 atom stereocenters. The van der Waals surface area contributed by atoms with Crippen LogP contribution >= 0.6 is 15.9 Å². The molecule has 3 rings (SSSR count). The molecule has 7 heteroatoms. The molecule has 0 unspecified atom stereocenters. The van der Waals surface area contributed by atoms with Gasteiger partial charge in [-0.2, -0.15) is 9.61 Å². The van der Waals surface area contributed by atoms with E-state index in [2.05, 4.69) is 36.2 Å². The van der Waals surface area contributed by atoms with Crippen LogP contribution in [0.25, 0.3) is 5.65 Å². The molecule has 0 amide bonds. The molecule has 6 nitrogen and oxygen atoms in total. The summed E-state index contributed by atoms with van der Waals surface area (Å²) in [7, 11) is 0. The Kier molecular flexibility index (Phi) is 2.64. The molecule has 0 bridgehead atoms. The normalized spacial score (nSPS) is 16.6. The molecule has 1 saturated heterocycles. The van der Waals surface area contributed by atoms with E-state index < -0.39 is 0 Å². The van der Waals surface area contributed by atoms with Crippen molar-refractivity contribution in [3.63, 3.8) is 0 Å². The number of nitrogens with two attached hydrogens (primary N) is 1. The summed E-state index contributed by atoms with van der Waals surface area (Å²) in [6.45, 7) is 3.86. The highest BCUT2D eigenvalue weighted by Crippen LogP contribution is 2.22. The third kappa shape index (κ3) is 1.85. The molecule has 17 heavy (non-hydrogen) atoms. The van der Waals surface area contributed by atoms with Crippen LogP contribution in [0.15, 0.2) is 16.7 Å². The highest BCUT2D eigenvalue weighted by atomic mass is 79.9. The number of rotatable bonds is 1. The number of nitrogens with one attached hydrogen (secondary N) is 1. The van der Waals surface area contributed by atoms with Crippen molar-refractivity contribution < 1.29 is 0 Å². The SMILES string of the molecule is Nc1cc(N2CCNCC2)nc2c(Br)cnn12. The zero-order valence-corrected chi connectivity index (χ0v) is 10.8. The first kappa shape index (κ1) is 10.8. The van der Waals surface area contributed by atoms with Gasteiger partial charge in [-0.1, -0.05) is 0 Å². The summed E-state index contributed by atoms with van der Waals surface area (Å²) in [5, 5.41) is 7.47. The molecule has 3 heterocycles. The van der Waals surface area contributed by atoms with Crippen molar-refractivity contribution in [3.05, 3.63) is 16.7 Å². The van der Waals surface area contributed by atoms with E-state index in [9.17, 15) is 0 Å². The predicted molar refractivity (Wildman–Crippen MR) is 70.2 cm³/mol. The maximum Gasteiger partial charge on any atom is 0.173 e. The third-order valence-electron chi connectivity index (χ3n) is 2.88. The second-order valence-electron chi connectivity index (χ2n) is 4.00. The molecule has 1 aliphatic heterocycles. The Morgan fingerprint density at radius 2 is 2.12 bits per heavy atom. The average molecular weight is 297 g/mol. The third-order valence-corrected chi connectivity index (χ3v) is 3.44. The molecule has 90 valence electrons. The van der Waals surface area contributed by atoms with Crippen molar-refractivity contribution in [2.75, 3.05) is 36.8 Å². The number of hydrogen-bond donors (Lipinski definition) is 2. The number of aromatic nitrogens is 3. The Morgan fingerprint density at radius 3 is 2.88 bits per heavy atom. The van der Waals surface area contributed by atoms with E-state index in [0.717, 1.165) is 42.1 Å². The lowest BCUT2D eigenvalue weighted by Crippen LogP contribution is -2.44. The van der Waals surface area contributed by atoms with E-state index in [4.69, 9.17) is 5.73 Å². The smallest absolute Gasteiger partial charge is 0.173 e. The van der Waals surface area contributed by atoms with Gasteiger partial charge in [0.15, 0.2) is 5.65 Å². The van der Waals surface area contributed by atoms with Crippen LogP contribution in [0.5, 0.6) is 0 Å². The maximum absolute atomic E-state index is 5.97. The molecule has 0 aliphatic carbocycles. The van der Waals surface area contributed by atoms with Gasteiger partial charge in [0.05, 0.1) is 10.7 Å². The topological polar surface area (TPSA) is 71.5 Å². The molecule has 2 aromatic rings. The van der Waals surface area contributed by atoms with E-state index in [0.29, 0.717) is 5.82 Å². The van der Waals surface area contributed by atoms with Gasteiger partial charge in [-0.3, -0.25) is 0 Å². The van der Waals surface area contributed by atoms with E-state index in [1.165, 1.54) is 0 Å². The number of nitrogens with zero attached hydrogens (tertiary/aromatic N) is 4. The Labute approximate surface area is 107 Å². The molecular weight excluding hydrogens is 284 g/mol. The molecule has 3 N–H and O–H groups in total. The summed E-state index contributed by atoms with van der Waals surface area (Å²) in [4.78, 5) is 6.82. The number of nitrogen functional groups attached to an aromatic ring is 1. The minimum atomic E-state index is 0.606. The van der Waals surface area contributed by atoms with E-state index >= 15 is 0 Å². The van der Waals surface area contributed by atoms with Crippen molar-refractivity contribution >= 4 is 33.2 Å². The van der Waals surface area contributed by atoms with Gasteiger partial charge >= 0.3 is 0 Å². The quantitative estimate of drug-likeness (QED) is 0.801. The number of piperazine rings is 1. The fourth-order valence-corrected chi connectivity index (χ4v) is 2.35. The van der Waals surface area contributed by atoms with Gasteiger partial charge in [0.2, 0.25) is 0 Å². The Balaban J connectivity index is 2.07. The van der Waals surface area contributed by atoms with Gasteiger partial charge in [-0.05, 0) is 15.9 Å². The highest BCUT2D eigenvalue weighted by Gasteiger charge is 2.15. The predicted octanol–water partition coefficient (Wildman–Crippen LogP) is 0.484. The van der Waals surface area contributed by atoms with Crippen LogP contribution in [-0.2, 0) is 0 Å². The summed E-state index contributed by atoms with van der Waals surface area (Å²) >= 11 is 3.43. The Hall–Kier alpha value is -1.34. The van der Waals surface area contributed by atoms with Crippen LogP contribution in [-0.4, -0.2) is 40.8 Å². The number of hydrogen-bond acceptors (Lipinski definition) is 5. The lowest BCUT2D eigenvalue weighted by molar-refractivity contribution is 0.585. The van der Waals surface area contributed by atoms with Crippen molar-refractivity contribution in [1.29, 1.82) is 0 Å². The zero-order chi connectivity index (χ0) is 11.8.